The van der Waals surface area contributed by atoms with E-state index in [0.29, 0.717) is 43.2 Å². The highest BCUT2D eigenvalue weighted by Crippen LogP contribution is 2.21. The van der Waals surface area contributed by atoms with E-state index in [1.165, 1.54) is 11.6 Å². The summed E-state index contributed by atoms with van der Waals surface area (Å²) < 4.78 is 13.6. The van der Waals surface area contributed by atoms with E-state index in [1.807, 2.05) is 18.2 Å². The second kappa shape index (κ2) is 11.5. The van der Waals surface area contributed by atoms with E-state index < -0.39 is 0 Å². The molecule has 166 valence electrons. The minimum Gasteiger partial charge on any atom is -0.356 e. The monoisotopic (exact) mass is 425 g/mol. The highest BCUT2D eigenvalue weighted by Gasteiger charge is 2.23. The fraction of sp³-hybridized carbons (Fsp3) is 0.440. The van der Waals surface area contributed by atoms with Crippen LogP contribution < -0.4 is 10.6 Å². The number of likely N-dealkylation sites (tertiary alicyclic amines) is 1. The molecule has 1 aliphatic rings. The van der Waals surface area contributed by atoms with Crippen molar-refractivity contribution in [3.63, 3.8) is 0 Å². The lowest BCUT2D eigenvalue weighted by atomic mass is 9.93. The lowest BCUT2D eigenvalue weighted by molar-refractivity contribution is -0.121. The Hall–Kier alpha value is -2.89. The molecule has 0 aliphatic carbocycles. The van der Waals surface area contributed by atoms with Crippen LogP contribution in [-0.4, -0.2) is 36.5 Å². The molecule has 0 atom stereocenters. The predicted octanol–water partition coefficient (Wildman–Crippen LogP) is 4.91. The van der Waals surface area contributed by atoms with Crippen molar-refractivity contribution in [3.05, 3.63) is 65.5 Å². The summed E-state index contributed by atoms with van der Waals surface area (Å²) in [6.07, 6.45) is 5.09. The van der Waals surface area contributed by atoms with Gasteiger partial charge in [0.2, 0.25) is 5.91 Å². The van der Waals surface area contributed by atoms with E-state index in [9.17, 15) is 14.0 Å². The zero-order chi connectivity index (χ0) is 22.1. The van der Waals surface area contributed by atoms with E-state index in [1.54, 1.807) is 24.0 Å². The first-order chi connectivity index (χ1) is 15.0. The van der Waals surface area contributed by atoms with E-state index in [4.69, 9.17) is 0 Å². The van der Waals surface area contributed by atoms with Crippen molar-refractivity contribution < 1.29 is 14.0 Å². The lowest BCUT2D eigenvalue weighted by Crippen LogP contribution is -2.41. The van der Waals surface area contributed by atoms with Gasteiger partial charge in [0.25, 0.3) is 0 Å². The summed E-state index contributed by atoms with van der Waals surface area (Å²) in [4.78, 5) is 26.2. The first kappa shape index (κ1) is 22.8. The fourth-order valence-corrected chi connectivity index (χ4v) is 3.90. The molecule has 5 nitrogen and oxygen atoms in total. The number of nitrogens with zero attached hydrogens (tertiary/aromatic N) is 1. The Morgan fingerprint density at radius 2 is 1.84 bits per heavy atom. The topological polar surface area (TPSA) is 61.4 Å². The van der Waals surface area contributed by atoms with Gasteiger partial charge >= 0.3 is 6.03 Å². The molecule has 1 saturated heterocycles. The van der Waals surface area contributed by atoms with Crippen LogP contribution in [0.5, 0.6) is 0 Å². The van der Waals surface area contributed by atoms with Crippen molar-refractivity contribution >= 4 is 17.6 Å². The van der Waals surface area contributed by atoms with Crippen LogP contribution in [0.2, 0.25) is 0 Å². The van der Waals surface area contributed by atoms with Gasteiger partial charge in [0.05, 0.1) is 0 Å². The molecule has 31 heavy (non-hydrogen) atoms. The second-order valence-corrected chi connectivity index (χ2v) is 8.30. The normalized spacial score (nSPS) is 14.3. The minimum atomic E-state index is -0.321. The maximum Gasteiger partial charge on any atom is 0.321 e. The van der Waals surface area contributed by atoms with Crippen molar-refractivity contribution in [1.29, 1.82) is 0 Å². The second-order valence-electron chi connectivity index (χ2n) is 8.30. The van der Waals surface area contributed by atoms with Gasteiger partial charge in [-0.3, -0.25) is 4.79 Å². The SMILES string of the molecule is Cc1ccc(NC(=O)N2CCC(CCNC(=O)CCCc3ccccc3)CC2)cc1F. The summed E-state index contributed by atoms with van der Waals surface area (Å²) >= 11 is 0. The van der Waals surface area contributed by atoms with Gasteiger partial charge in [-0.1, -0.05) is 36.4 Å². The molecule has 1 aliphatic heterocycles. The molecule has 0 aromatic heterocycles. The number of anilines is 1. The molecule has 3 amide bonds. The van der Waals surface area contributed by atoms with Crippen molar-refractivity contribution in [1.82, 2.24) is 10.2 Å². The molecule has 0 unspecified atom stereocenters. The highest BCUT2D eigenvalue weighted by molar-refractivity contribution is 5.89. The number of hydrogen-bond donors (Lipinski definition) is 2. The quantitative estimate of drug-likeness (QED) is 0.631. The van der Waals surface area contributed by atoms with Crippen molar-refractivity contribution in [3.8, 4) is 0 Å². The van der Waals surface area contributed by atoms with E-state index >= 15 is 0 Å². The van der Waals surface area contributed by atoms with Gasteiger partial charge in [-0.2, -0.15) is 0 Å². The minimum absolute atomic E-state index is 0.109. The third kappa shape index (κ3) is 7.39. The van der Waals surface area contributed by atoms with Crippen LogP contribution >= 0.6 is 0 Å². The average molecular weight is 426 g/mol. The number of carbonyl (C=O) groups excluding carboxylic acids is 2. The first-order valence-corrected chi connectivity index (χ1v) is 11.1. The summed E-state index contributed by atoms with van der Waals surface area (Å²) in [6, 6.07) is 14.7. The Bertz CT molecular complexity index is 864. The van der Waals surface area contributed by atoms with Gasteiger partial charge in [-0.05, 0) is 68.2 Å². The van der Waals surface area contributed by atoms with Crippen LogP contribution in [0.25, 0.3) is 0 Å². The van der Waals surface area contributed by atoms with Gasteiger partial charge < -0.3 is 15.5 Å². The Kier molecular flexibility index (Phi) is 8.44. The van der Waals surface area contributed by atoms with Crippen LogP contribution in [-0.2, 0) is 11.2 Å². The maximum atomic E-state index is 13.6. The molecule has 0 radical (unpaired) electrons. The molecule has 0 spiro atoms. The Morgan fingerprint density at radius 3 is 2.55 bits per heavy atom. The zero-order valence-electron chi connectivity index (χ0n) is 18.2. The lowest BCUT2D eigenvalue weighted by Gasteiger charge is -2.32. The highest BCUT2D eigenvalue weighted by atomic mass is 19.1. The molecule has 2 aromatic carbocycles. The van der Waals surface area contributed by atoms with Crippen LogP contribution in [0, 0.1) is 18.7 Å². The summed E-state index contributed by atoms with van der Waals surface area (Å²) in [6.45, 7) is 3.73. The largest absolute Gasteiger partial charge is 0.356 e. The Morgan fingerprint density at radius 1 is 1.10 bits per heavy atom. The molecule has 0 saturated carbocycles. The van der Waals surface area contributed by atoms with Crippen LogP contribution in [0.4, 0.5) is 14.9 Å². The maximum absolute atomic E-state index is 13.6. The number of benzene rings is 2. The molecule has 2 aromatic rings. The molecule has 2 N–H and O–H groups in total. The molecule has 6 heteroatoms. The van der Waals surface area contributed by atoms with Crippen molar-refractivity contribution in [2.45, 2.75) is 45.4 Å². The Balaban J connectivity index is 1.28. The van der Waals surface area contributed by atoms with Gasteiger partial charge in [-0.15, -0.1) is 0 Å². The van der Waals surface area contributed by atoms with E-state index in [0.717, 1.165) is 32.1 Å². The first-order valence-electron chi connectivity index (χ1n) is 11.1. The molecule has 1 fully saturated rings. The van der Waals surface area contributed by atoms with Gasteiger partial charge in [0.15, 0.2) is 0 Å². The van der Waals surface area contributed by atoms with Gasteiger partial charge in [0.1, 0.15) is 5.82 Å². The number of hydrogen-bond acceptors (Lipinski definition) is 2. The Labute approximate surface area is 184 Å². The number of halogens is 1. The summed E-state index contributed by atoms with van der Waals surface area (Å²) in [7, 11) is 0. The molecule has 3 rings (SSSR count). The third-order valence-corrected chi connectivity index (χ3v) is 5.91. The number of amides is 3. The third-order valence-electron chi connectivity index (χ3n) is 5.91. The number of piperidine rings is 1. The van der Waals surface area contributed by atoms with Gasteiger partial charge in [-0.25, -0.2) is 9.18 Å². The standard InChI is InChI=1S/C25H32FN3O2/c1-19-10-11-22(18-23(19)26)28-25(31)29-16-13-21(14-17-29)12-15-27-24(30)9-5-8-20-6-3-2-4-7-20/h2-4,6-7,10-11,18,21H,5,8-9,12-17H2,1H3,(H,27,30)(H,28,31). The summed E-state index contributed by atoms with van der Waals surface area (Å²) in [5.74, 6) is 0.294. The smallest absolute Gasteiger partial charge is 0.321 e. The molecular formula is C25H32FN3O2. The molecule has 0 bridgehead atoms. The molecule has 1 heterocycles. The number of nitrogens with one attached hydrogen (secondary N) is 2. The number of aryl methyl sites for hydroxylation is 2. The summed E-state index contributed by atoms with van der Waals surface area (Å²) in [5, 5.41) is 5.80. The number of carbonyl (C=O) groups is 2. The van der Waals surface area contributed by atoms with Crippen LogP contribution in [0.15, 0.2) is 48.5 Å². The van der Waals surface area contributed by atoms with Crippen LogP contribution in [0.1, 0.15) is 43.2 Å². The zero-order valence-corrected chi connectivity index (χ0v) is 18.2. The van der Waals surface area contributed by atoms with E-state index in [-0.39, 0.29) is 17.8 Å². The fourth-order valence-electron chi connectivity index (χ4n) is 3.90. The summed E-state index contributed by atoms with van der Waals surface area (Å²) in [5.41, 5.74) is 2.30. The number of urea groups is 1. The predicted molar refractivity (Wildman–Crippen MR) is 121 cm³/mol. The van der Waals surface area contributed by atoms with Crippen LogP contribution in [0.3, 0.4) is 0 Å². The van der Waals surface area contributed by atoms with Crippen molar-refractivity contribution in [2.75, 3.05) is 25.0 Å². The van der Waals surface area contributed by atoms with E-state index in [2.05, 4.69) is 22.8 Å². The van der Waals surface area contributed by atoms with Gasteiger partial charge in [0, 0.05) is 31.7 Å². The number of rotatable bonds is 8. The van der Waals surface area contributed by atoms with Crippen molar-refractivity contribution in [2.24, 2.45) is 5.92 Å². The molecular weight excluding hydrogens is 393 g/mol. The average Bonchev–Trinajstić information content (AvgIpc) is 2.77.